The van der Waals surface area contributed by atoms with E-state index in [0.29, 0.717) is 18.7 Å². The number of hydrogen-bond acceptors (Lipinski definition) is 4. The number of nitrogens with one attached hydrogen (secondary N) is 1. The van der Waals surface area contributed by atoms with Crippen LogP contribution in [0.5, 0.6) is 0 Å². The van der Waals surface area contributed by atoms with Gasteiger partial charge in [0.15, 0.2) is 0 Å². The Morgan fingerprint density at radius 1 is 1.47 bits per heavy atom. The number of carbonyl (C=O) groups excluding carboxylic acids is 3. The number of rotatable bonds is 3. The Labute approximate surface area is 98.5 Å². The third-order valence-corrected chi connectivity index (χ3v) is 2.82. The lowest BCUT2D eigenvalue weighted by Gasteiger charge is -2.15. The number of Topliss-reactive ketones (excluding diaryl/α,β-unsaturated/α-hetero) is 1. The van der Waals surface area contributed by atoms with E-state index in [0.717, 1.165) is 5.57 Å². The van der Waals surface area contributed by atoms with Crippen LogP contribution >= 0.6 is 0 Å². The Balaban J connectivity index is 2.04. The minimum absolute atomic E-state index is 0.176. The van der Waals surface area contributed by atoms with Gasteiger partial charge >= 0.3 is 5.97 Å². The highest BCUT2D eigenvalue weighted by molar-refractivity contribution is 6.40. The molecule has 0 spiro atoms. The van der Waals surface area contributed by atoms with E-state index in [-0.39, 0.29) is 12.4 Å². The second-order valence-electron chi connectivity index (χ2n) is 4.00. The molecule has 5 heteroatoms. The van der Waals surface area contributed by atoms with Gasteiger partial charge in [0.25, 0.3) is 5.91 Å². The van der Waals surface area contributed by atoms with E-state index in [9.17, 15) is 14.4 Å². The molecule has 1 fully saturated rings. The second-order valence-corrected chi connectivity index (χ2v) is 4.00. The number of esters is 1. The summed E-state index contributed by atoms with van der Waals surface area (Å²) in [5.74, 6) is -1.73. The maximum atomic E-state index is 11.5. The molecule has 1 heterocycles. The Bertz CT molecular complexity index is 447. The van der Waals surface area contributed by atoms with Crippen molar-refractivity contribution < 1.29 is 19.1 Å². The third kappa shape index (κ3) is 2.27. The van der Waals surface area contributed by atoms with Gasteiger partial charge in [0.2, 0.25) is 5.78 Å². The van der Waals surface area contributed by atoms with Gasteiger partial charge in [-0.2, -0.15) is 0 Å². The standard InChI is InChI=1S/C12H13NO4/c1-2-17-10(14)6-7-3-4-9-8(5-7)11(15)12(16)13-9/h3-4,8H,2,5-6H2,1H3,(H,13,16). The fourth-order valence-electron chi connectivity index (χ4n) is 2.01. The highest BCUT2D eigenvalue weighted by atomic mass is 16.5. The molecule has 1 saturated heterocycles. The van der Waals surface area contributed by atoms with Crippen molar-refractivity contribution in [3.05, 3.63) is 23.4 Å². The summed E-state index contributed by atoms with van der Waals surface area (Å²) in [5.41, 5.74) is 1.45. The van der Waals surface area contributed by atoms with Gasteiger partial charge in [0.05, 0.1) is 18.9 Å². The molecule has 0 aromatic heterocycles. The lowest BCUT2D eigenvalue weighted by Crippen LogP contribution is -2.18. The topological polar surface area (TPSA) is 72.5 Å². The summed E-state index contributed by atoms with van der Waals surface area (Å²) in [4.78, 5) is 34.0. The quantitative estimate of drug-likeness (QED) is 0.570. The van der Waals surface area contributed by atoms with Crippen LogP contribution in [0.4, 0.5) is 0 Å². The van der Waals surface area contributed by atoms with Gasteiger partial charge < -0.3 is 10.1 Å². The van der Waals surface area contributed by atoms with Gasteiger partial charge in [-0.25, -0.2) is 0 Å². The molecule has 0 radical (unpaired) electrons. The Morgan fingerprint density at radius 2 is 2.24 bits per heavy atom. The zero-order chi connectivity index (χ0) is 12.4. The highest BCUT2D eigenvalue weighted by Crippen LogP contribution is 2.30. The van der Waals surface area contributed by atoms with Gasteiger partial charge in [0.1, 0.15) is 0 Å². The molecule has 2 aliphatic rings. The van der Waals surface area contributed by atoms with Crippen molar-refractivity contribution >= 4 is 17.7 Å². The summed E-state index contributed by atoms with van der Waals surface area (Å²) in [5, 5.41) is 2.52. The van der Waals surface area contributed by atoms with Crippen molar-refractivity contribution in [2.75, 3.05) is 6.61 Å². The van der Waals surface area contributed by atoms with Crippen LogP contribution in [0.25, 0.3) is 0 Å². The number of ether oxygens (including phenoxy) is 1. The van der Waals surface area contributed by atoms with Crippen molar-refractivity contribution in [2.24, 2.45) is 5.92 Å². The molecule has 17 heavy (non-hydrogen) atoms. The Hall–Kier alpha value is -1.91. The molecule has 0 saturated carbocycles. The summed E-state index contributed by atoms with van der Waals surface area (Å²) >= 11 is 0. The van der Waals surface area contributed by atoms with E-state index < -0.39 is 17.6 Å². The maximum Gasteiger partial charge on any atom is 0.309 e. The smallest absolute Gasteiger partial charge is 0.309 e. The number of carbonyl (C=O) groups is 3. The summed E-state index contributed by atoms with van der Waals surface area (Å²) in [7, 11) is 0. The molecular weight excluding hydrogens is 222 g/mol. The van der Waals surface area contributed by atoms with Gasteiger partial charge in [-0.15, -0.1) is 0 Å². The van der Waals surface area contributed by atoms with Crippen molar-refractivity contribution in [1.82, 2.24) is 5.32 Å². The molecule has 1 aliphatic carbocycles. The first-order chi connectivity index (χ1) is 8.11. The summed E-state index contributed by atoms with van der Waals surface area (Å²) in [6.07, 6.45) is 4.05. The monoisotopic (exact) mass is 235 g/mol. The first-order valence-corrected chi connectivity index (χ1v) is 5.52. The zero-order valence-electron chi connectivity index (χ0n) is 9.49. The van der Waals surface area contributed by atoms with Crippen LogP contribution in [0.15, 0.2) is 23.4 Å². The van der Waals surface area contributed by atoms with Crippen molar-refractivity contribution in [3.8, 4) is 0 Å². The van der Waals surface area contributed by atoms with Crippen molar-refractivity contribution in [3.63, 3.8) is 0 Å². The Morgan fingerprint density at radius 3 is 2.94 bits per heavy atom. The SMILES string of the molecule is CCOC(=O)CC1=CC=C2NC(=O)C(=O)C2C1. The lowest BCUT2D eigenvalue weighted by molar-refractivity contribution is -0.142. The third-order valence-electron chi connectivity index (χ3n) is 2.82. The summed E-state index contributed by atoms with van der Waals surface area (Å²) < 4.78 is 4.84. The molecule has 1 unspecified atom stereocenters. The van der Waals surface area contributed by atoms with Gasteiger partial charge in [0, 0.05) is 5.70 Å². The largest absolute Gasteiger partial charge is 0.466 e. The average molecular weight is 235 g/mol. The number of fused-ring (bicyclic) bond motifs is 1. The predicted octanol–water partition coefficient (Wildman–Crippen LogP) is 0.469. The van der Waals surface area contributed by atoms with Gasteiger partial charge in [-0.05, 0) is 19.4 Å². The van der Waals surface area contributed by atoms with E-state index in [1.165, 1.54) is 0 Å². The average Bonchev–Trinajstić information content (AvgIpc) is 2.56. The van der Waals surface area contributed by atoms with E-state index in [2.05, 4.69) is 5.32 Å². The number of ketones is 1. The molecule has 1 aliphatic heterocycles. The fraction of sp³-hybridized carbons (Fsp3) is 0.417. The predicted molar refractivity (Wildman–Crippen MR) is 58.7 cm³/mol. The molecule has 90 valence electrons. The van der Waals surface area contributed by atoms with E-state index in [1.807, 2.05) is 0 Å². The van der Waals surface area contributed by atoms with Gasteiger partial charge in [-0.1, -0.05) is 11.6 Å². The van der Waals surface area contributed by atoms with Crippen LogP contribution in [-0.4, -0.2) is 24.3 Å². The van der Waals surface area contributed by atoms with Crippen LogP contribution in [0.2, 0.25) is 0 Å². The number of allylic oxidation sites excluding steroid dienone is 3. The molecule has 5 nitrogen and oxygen atoms in total. The fourth-order valence-corrected chi connectivity index (χ4v) is 2.01. The number of amides is 1. The van der Waals surface area contributed by atoms with Crippen LogP contribution < -0.4 is 5.32 Å². The number of hydrogen-bond donors (Lipinski definition) is 1. The molecule has 2 rings (SSSR count). The van der Waals surface area contributed by atoms with Crippen LogP contribution in [0.1, 0.15) is 19.8 Å². The highest BCUT2D eigenvalue weighted by Gasteiger charge is 2.38. The lowest BCUT2D eigenvalue weighted by atomic mass is 9.89. The van der Waals surface area contributed by atoms with Crippen molar-refractivity contribution in [1.29, 1.82) is 0 Å². The van der Waals surface area contributed by atoms with E-state index >= 15 is 0 Å². The minimum Gasteiger partial charge on any atom is -0.466 e. The molecule has 1 atom stereocenters. The van der Waals surface area contributed by atoms with E-state index in [1.54, 1.807) is 19.1 Å². The molecule has 0 aromatic carbocycles. The van der Waals surface area contributed by atoms with Crippen LogP contribution in [0.3, 0.4) is 0 Å². The van der Waals surface area contributed by atoms with Gasteiger partial charge in [-0.3, -0.25) is 14.4 Å². The Kier molecular flexibility index (Phi) is 3.08. The molecular formula is C12H13NO4. The zero-order valence-corrected chi connectivity index (χ0v) is 9.49. The molecule has 1 amide bonds. The summed E-state index contributed by atoms with van der Waals surface area (Å²) in [6.45, 7) is 2.09. The molecule has 0 aromatic rings. The first kappa shape index (κ1) is 11.6. The summed E-state index contributed by atoms with van der Waals surface area (Å²) in [6, 6.07) is 0. The normalized spacial score (nSPS) is 22.5. The molecule has 1 N–H and O–H groups in total. The first-order valence-electron chi connectivity index (χ1n) is 5.52. The minimum atomic E-state index is -0.563. The molecule has 0 bridgehead atoms. The maximum absolute atomic E-state index is 11.5. The van der Waals surface area contributed by atoms with Crippen LogP contribution in [-0.2, 0) is 19.1 Å². The second kappa shape index (κ2) is 4.53. The van der Waals surface area contributed by atoms with E-state index in [4.69, 9.17) is 4.74 Å². The van der Waals surface area contributed by atoms with Crippen molar-refractivity contribution in [2.45, 2.75) is 19.8 Å². The van der Waals surface area contributed by atoms with Crippen LogP contribution in [0, 0.1) is 5.92 Å².